The van der Waals surface area contributed by atoms with Gasteiger partial charge in [0.25, 0.3) is 11.5 Å². The third-order valence-electron chi connectivity index (χ3n) is 4.89. The largest absolute Gasteiger partial charge is 0.338 e. The molecule has 7 heteroatoms. The van der Waals surface area contributed by atoms with Crippen molar-refractivity contribution in [3.63, 3.8) is 0 Å². The molecule has 0 aliphatic carbocycles. The maximum Gasteiger partial charge on any atom is 0.256 e. The van der Waals surface area contributed by atoms with Crippen molar-refractivity contribution >= 4 is 5.91 Å². The SMILES string of the molecule is Cc1nc([C@@H]2CCCN(C(=O)c3ccccc3-n3cccn3)C2)cc(=O)[nH]1. The first-order valence-electron chi connectivity index (χ1n) is 9.08. The van der Waals surface area contributed by atoms with E-state index in [4.69, 9.17) is 0 Å². The van der Waals surface area contributed by atoms with Gasteiger partial charge < -0.3 is 9.88 Å². The van der Waals surface area contributed by atoms with E-state index >= 15 is 0 Å². The smallest absolute Gasteiger partial charge is 0.256 e. The van der Waals surface area contributed by atoms with E-state index in [1.54, 1.807) is 23.9 Å². The van der Waals surface area contributed by atoms with Crippen molar-refractivity contribution in [2.45, 2.75) is 25.7 Å². The van der Waals surface area contributed by atoms with Gasteiger partial charge in [-0.05, 0) is 38.0 Å². The molecule has 1 aromatic carbocycles. The summed E-state index contributed by atoms with van der Waals surface area (Å²) in [5, 5.41) is 4.25. The number of aromatic amines is 1. The highest BCUT2D eigenvalue weighted by Crippen LogP contribution is 2.27. The molecular weight excluding hydrogens is 342 g/mol. The maximum absolute atomic E-state index is 13.2. The Bertz CT molecular complexity index is 1010. The van der Waals surface area contributed by atoms with Crippen LogP contribution in [0.1, 0.15) is 40.6 Å². The minimum Gasteiger partial charge on any atom is -0.338 e. The van der Waals surface area contributed by atoms with Gasteiger partial charge in [-0.3, -0.25) is 9.59 Å². The highest BCUT2D eigenvalue weighted by atomic mass is 16.2. The van der Waals surface area contributed by atoms with E-state index in [9.17, 15) is 9.59 Å². The second-order valence-electron chi connectivity index (χ2n) is 6.81. The molecule has 0 unspecified atom stereocenters. The van der Waals surface area contributed by atoms with Crippen molar-refractivity contribution in [2.75, 3.05) is 13.1 Å². The van der Waals surface area contributed by atoms with Crippen molar-refractivity contribution in [2.24, 2.45) is 0 Å². The molecule has 0 spiro atoms. The van der Waals surface area contributed by atoms with Crippen molar-refractivity contribution < 1.29 is 4.79 Å². The van der Waals surface area contributed by atoms with Gasteiger partial charge in [-0.15, -0.1) is 0 Å². The van der Waals surface area contributed by atoms with Gasteiger partial charge in [-0.25, -0.2) is 9.67 Å². The quantitative estimate of drug-likeness (QED) is 0.774. The zero-order chi connectivity index (χ0) is 18.8. The minimum absolute atomic E-state index is 0.0210. The number of rotatable bonds is 3. The summed E-state index contributed by atoms with van der Waals surface area (Å²) >= 11 is 0. The Morgan fingerprint density at radius 1 is 1.26 bits per heavy atom. The average Bonchev–Trinajstić information content (AvgIpc) is 3.21. The van der Waals surface area contributed by atoms with E-state index in [-0.39, 0.29) is 17.4 Å². The van der Waals surface area contributed by atoms with Crippen LogP contribution >= 0.6 is 0 Å². The molecule has 1 amide bonds. The fourth-order valence-electron chi connectivity index (χ4n) is 3.65. The molecule has 1 aliphatic heterocycles. The summed E-state index contributed by atoms with van der Waals surface area (Å²) < 4.78 is 1.70. The van der Waals surface area contributed by atoms with Crippen LogP contribution in [-0.4, -0.2) is 43.6 Å². The number of carbonyl (C=O) groups excluding carboxylic acids is 1. The van der Waals surface area contributed by atoms with E-state index < -0.39 is 0 Å². The summed E-state index contributed by atoms with van der Waals surface area (Å²) in [5.74, 6) is 0.651. The predicted molar refractivity (Wildman–Crippen MR) is 101 cm³/mol. The van der Waals surface area contributed by atoms with Crippen molar-refractivity contribution in [1.82, 2.24) is 24.6 Å². The van der Waals surface area contributed by atoms with E-state index in [1.807, 2.05) is 41.4 Å². The zero-order valence-electron chi connectivity index (χ0n) is 15.1. The van der Waals surface area contributed by atoms with Crippen LogP contribution in [0.4, 0.5) is 0 Å². The van der Waals surface area contributed by atoms with E-state index in [2.05, 4.69) is 15.1 Å². The summed E-state index contributed by atoms with van der Waals surface area (Å²) in [4.78, 5) is 34.0. The molecule has 27 heavy (non-hydrogen) atoms. The highest BCUT2D eigenvalue weighted by Gasteiger charge is 2.28. The zero-order valence-corrected chi connectivity index (χ0v) is 15.1. The number of para-hydroxylation sites is 1. The maximum atomic E-state index is 13.2. The van der Waals surface area contributed by atoms with Crippen LogP contribution in [0.3, 0.4) is 0 Å². The molecule has 3 heterocycles. The number of amides is 1. The molecular formula is C20H21N5O2. The van der Waals surface area contributed by atoms with E-state index in [0.29, 0.717) is 24.5 Å². The summed E-state index contributed by atoms with van der Waals surface area (Å²) in [6, 6.07) is 10.9. The predicted octanol–water partition coefficient (Wildman–Crippen LogP) is 2.28. The number of aryl methyl sites for hydroxylation is 1. The summed E-state index contributed by atoms with van der Waals surface area (Å²) in [5.41, 5.74) is 2.00. The van der Waals surface area contributed by atoms with Gasteiger partial charge in [0.1, 0.15) is 5.82 Å². The molecule has 0 saturated carbocycles. The topological polar surface area (TPSA) is 83.9 Å². The van der Waals surface area contributed by atoms with E-state index in [0.717, 1.165) is 24.2 Å². The standard InChI is InChI=1S/C20H21N5O2/c1-14-22-17(12-19(26)23-14)15-6-4-10-24(13-15)20(27)16-7-2-3-8-18(16)25-11-5-9-21-25/h2-3,5,7-9,11-12,15H,4,6,10,13H2,1H3,(H,22,23,26)/t15-/m1/s1. The minimum atomic E-state index is -0.148. The van der Waals surface area contributed by atoms with Crippen LogP contribution in [0.5, 0.6) is 0 Å². The molecule has 1 saturated heterocycles. The molecule has 1 aliphatic rings. The number of piperidine rings is 1. The monoisotopic (exact) mass is 363 g/mol. The van der Waals surface area contributed by atoms with Crippen molar-refractivity contribution in [1.29, 1.82) is 0 Å². The van der Waals surface area contributed by atoms with Crippen LogP contribution in [0.25, 0.3) is 5.69 Å². The fourth-order valence-corrected chi connectivity index (χ4v) is 3.65. The number of hydrogen-bond acceptors (Lipinski definition) is 4. The normalized spacial score (nSPS) is 17.1. The molecule has 1 N–H and O–H groups in total. The number of hydrogen-bond donors (Lipinski definition) is 1. The molecule has 2 aromatic heterocycles. The second-order valence-corrected chi connectivity index (χ2v) is 6.81. The number of likely N-dealkylation sites (tertiary alicyclic amines) is 1. The Labute approximate surface area is 156 Å². The van der Waals surface area contributed by atoms with Crippen LogP contribution < -0.4 is 5.56 Å². The number of nitrogens with zero attached hydrogens (tertiary/aromatic N) is 4. The Balaban J connectivity index is 1.61. The Morgan fingerprint density at radius 2 is 2.11 bits per heavy atom. The lowest BCUT2D eigenvalue weighted by molar-refractivity contribution is 0.0705. The molecule has 4 rings (SSSR count). The molecule has 0 radical (unpaired) electrons. The summed E-state index contributed by atoms with van der Waals surface area (Å²) in [6.07, 6.45) is 5.32. The van der Waals surface area contributed by atoms with Gasteiger partial charge in [0.15, 0.2) is 0 Å². The van der Waals surface area contributed by atoms with Crippen LogP contribution in [-0.2, 0) is 0 Å². The lowest BCUT2D eigenvalue weighted by Gasteiger charge is -2.33. The Morgan fingerprint density at radius 3 is 2.89 bits per heavy atom. The number of carbonyl (C=O) groups is 1. The number of aromatic nitrogens is 4. The van der Waals surface area contributed by atoms with Crippen LogP contribution in [0.15, 0.2) is 53.6 Å². The highest BCUT2D eigenvalue weighted by molar-refractivity contribution is 5.97. The van der Waals surface area contributed by atoms with Gasteiger partial charge in [0.05, 0.1) is 16.9 Å². The molecule has 1 atom stereocenters. The van der Waals surface area contributed by atoms with E-state index in [1.165, 1.54) is 0 Å². The van der Waals surface area contributed by atoms with Gasteiger partial charge in [-0.2, -0.15) is 5.10 Å². The molecule has 3 aromatic rings. The molecule has 0 bridgehead atoms. The second kappa shape index (κ2) is 7.19. The van der Waals surface area contributed by atoms with Gasteiger partial charge in [0, 0.05) is 37.5 Å². The van der Waals surface area contributed by atoms with Gasteiger partial charge in [-0.1, -0.05) is 12.1 Å². The Hall–Kier alpha value is -3.22. The Kier molecular flexibility index (Phi) is 4.58. The van der Waals surface area contributed by atoms with Crippen molar-refractivity contribution in [3.05, 3.63) is 76.2 Å². The molecule has 1 fully saturated rings. The third kappa shape index (κ3) is 3.53. The first-order chi connectivity index (χ1) is 13.1. The molecule has 7 nitrogen and oxygen atoms in total. The lowest BCUT2D eigenvalue weighted by Crippen LogP contribution is -2.40. The average molecular weight is 363 g/mol. The number of H-pyrrole nitrogens is 1. The molecule has 138 valence electrons. The van der Waals surface area contributed by atoms with Crippen LogP contribution in [0.2, 0.25) is 0 Å². The first-order valence-corrected chi connectivity index (χ1v) is 9.08. The lowest BCUT2D eigenvalue weighted by atomic mass is 9.94. The summed E-state index contributed by atoms with van der Waals surface area (Å²) in [6.45, 7) is 3.03. The third-order valence-corrected chi connectivity index (χ3v) is 4.89. The van der Waals surface area contributed by atoms with Gasteiger partial charge >= 0.3 is 0 Å². The van der Waals surface area contributed by atoms with Crippen LogP contribution in [0, 0.1) is 6.92 Å². The number of benzene rings is 1. The van der Waals surface area contributed by atoms with Gasteiger partial charge in [0.2, 0.25) is 0 Å². The number of nitrogens with one attached hydrogen (secondary N) is 1. The fraction of sp³-hybridized carbons (Fsp3) is 0.300. The first kappa shape index (κ1) is 17.2. The van der Waals surface area contributed by atoms with Crippen molar-refractivity contribution in [3.8, 4) is 5.69 Å². The summed E-state index contributed by atoms with van der Waals surface area (Å²) in [7, 11) is 0.